The Morgan fingerprint density at radius 2 is 2.15 bits per heavy atom. The van der Waals surface area contributed by atoms with Crippen molar-refractivity contribution in [2.24, 2.45) is 5.92 Å². The zero-order valence-electron chi connectivity index (χ0n) is 15.3. The smallest absolute Gasteiger partial charge is 0.255 e. The number of hydrogen-bond acceptors (Lipinski definition) is 6. The van der Waals surface area contributed by atoms with Crippen molar-refractivity contribution in [2.45, 2.75) is 39.2 Å². The monoisotopic (exact) mass is 381 g/mol. The van der Waals surface area contributed by atoms with Crippen molar-refractivity contribution in [3.05, 3.63) is 40.8 Å². The topological polar surface area (TPSA) is 162 Å². The third kappa shape index (κ3) is 9.23. The van der Waals surface area contributed by atoms with Gasteiger partial charge in [-0.2, -0.15) is 0 Å². The van der Waals surface area contributed by atoms with E-state index in [1.54, 1.807) is 12.0 Å². The zero-order chi connectivity index (χ0) is 20.2. The van der Waals surface area contributed by atoms with Gasteiger partial charge in [-0.3, -0.25) is 15.0 Å². The molecule has 0 aromatic carbocycles. The molecule has 1 heterocycles. The van der Waals surface area contributed by atoms with Gasteiger partial charge in [-0.25, -0.2) is 10.1 Å². The maximum atomic E-state index is 12.4. The maximum Gasteiger partial charge on any atom is 0.255 e. The zero-order valence-corrected chi connectivity index (χ0v) is 15.3. The van der Waals surface area contributed by atoms with E-state index < -0.39 is 22.9 Å². The van der Waals surface area contributed by atoms with Crippen LogP contribution in [0.5, 0.6) is 0 Å². The van der Waals surface area contributed by atoms with Crippen LogP contribution in [0.15, 0.2) is 23.0 Å². The molecule has 11 nitrogen and oxygen atoms in total. The van der Waals surface area contributed by atoms with Gasteiger partial charge in [0.15, 0.2) is 5.03 Å². The molecule has 5 N–H and O–H groups in total. The number of hydrazine groups is 1. The van der Waals surface area contributed by atoms with Gasteiger partial charge in [0, 0.05) is 13.1 Å². The fourth-order valence-electron chi connectivity index (χ4n) is 2.05. The standard InChI is InChI=1S/C16H25N6O5/c1-11(2)5-8-18-15(24)13(20-14(23)12-6-9-27-10-12)4-3-7-19-16(17)21-22(25)26/h6,8-11,13H,3-5,7H2,1-2H3,(H,18,24)(H,20,23)(H3,17,19,21)/t13-/m0/s1. The number of nitro groups is 1. The molecular formula is C16H25N6O5. The van der Waals surface area contributed by atoms with E-state index in [0.717, 1.165) is 0 Å². The van der Waals surface area contributed by atoms with Crippen molar-refractivity contribution in [1.82, 2.24) is 21.4 Å². The molecule has 0 unspecified atom stereocenters. The SMILES string of the molecule is CC(C)C[CH]NC(=O)[C@H](CCCNC(=N)N[N+](=O)[O-])NC(=O)c1ccoc1. The number of rotatable bonds is 11. The van der Waals surface area contributed by atoms with Crippen LogP contribution in [0, 0.1) is 28.0 Å². The first-order chi connectivity index (χ1) is 12.8. The Balaban J connectivity index is 2.53. The average Bonchev–Trinajstić information content (AvgIpc) is 3.11. The molecule has 1 radical (unpaired) electrons. The summed E-state index contributed by atoms with van der Waals surface area (Å²) in [5, 5.41) is 24.5. The summed E-state index contributed by atoms with van der Waals surface area (Å²) < 4.78 is 4.86. The minimum absolute atomic E-state index is 0.223. The molecule has 0 aliphatic heterocycles. The number of amides is 2. The minimum Gasteiger partial charge on any atom is -0.472 e. The van der Waals surface area contributed by atoms with Crippen molar-refractivity contribution in [1.29, 1.82) is 5.41 Å². The van der Waals surface area contributed by atoms with Crippen LogP contribution in [0.1, 0.15) is 43.5 Å². The quantitative estimate of drug-likeness (QED) is 0.124. The van der Waals surface area contributed by atoms with E-state index in [4.69, 9.17) is 9.83 Å². The number of carbonyl (C=O) groups excluding carboxylic acids is 2. The van der Waals surface area contributed by atoms with Crippen molar-refractivity contribution in [2.75, 3.05) is 6.54 Å². The Kier molecular flexibility index (Phi) is 9.34. The highest BCUT2D eigenvalue weighted by atomic mass is 16.7. The van der Waals surface area contributed by atoms with Gasteiger partial charge < -0.3 is 20.4 Å². The lowest BCUT2D eigenvalue weighted by molar-refractivity contribution is -0.525. The first-order valence-electron chi connectivity index (χ1n) is 8.48. The largest absolute Gasteiger partial charge is 0.472 e. The molecule has 149 valence electrons. The van der Waals surface area contributed by atoms with Crippen LogP contribution in [-0.4, -0.2) is 35.4 Å². The maximum absolute atomic E-state index is 12.4. The molecule has 1 rings (SSSR count). The van der Waals surface area contributed by atoms with E-state index in [2.05, 4.69) is 16.0 Å². The van der Waals surface area contributed by atoms with Gasteiger partial charge in [-0.05, 0) is 31.2 Å². The second-order valence-electron chi connectivity index (χ2n) is 6.19. The molecule has 1 aromatic heterocycles. The summed E-state index contributed by atoms with van der Waals surface area (Å²) in [4.78, 5) is 34.8. The van der Waals surface area contributed by atoms with Crippen LogP contribution in [0.3, 0.4) is 0 Å². The van der Waals surface area contributed by atoms with E-state index in [1.807, 2.05) is 13.8 Å². The van der Waals surface area contributed by atoms with Gasteiger partial charge in [-0.1, -0.05) is 19.3 Å². The Morgan fingerprint density at radius 1 is 1.41 bits per heavy atom. The fraction of sp³-hybridized carbons (Fsp3) is 0.500. The summed E-state index contributed by atoms with van der Waals surface area (Å²) in [5.41, 5.74) is 1.97. The van der Waals surface area contributed by atoms with E-state index in [-0.39, 0.29) is 18.9 Å². The Labute approximate surface area is 156 Å². The molecule has 11 heteroatoms. The summed E-state index contributed by atoms with van der Waals surface area (Å²) in [5.74, 6) is -0.864. The van der Waals surface area contributed by atoms with Gasteiger partial charge in [-0.15, -0.1) is 0 Å². The molecule has 0 spiro atoms. The molecule has 0 saturated carbocycles. The lowest BCUT2D eigenvalue weighted by Gasteiger charge is -2.18. The average molecular weight is 381 g/mol. The summed E-state index contributed by atoms with van der Waals surface area (Å²) in [7, 11) is 0. The van der Waals surface area contributed by atoms with Crippen molar-refractivity contribution >= 4 is 17.8 Å². The van der Waals surface area contributed by atoms with Crippen LogP contribution in [-0.2, 0) is 4.79 Å². The summed E-state index contributed by atoms with van der Waals surface area (Å²) >= 11 is 0. The van der Waals surface area contributed by atoms with E-state index in [0.29, 0.717) is 24.3 Å². The molecule has 27 heavy (non-hydrogen) atoms. The Morgan fingerprint density at radius 3 is 2.74 bits per heavy atom. The lowest BCUT2D eigenvalue weighted by atomic mass is 10.1. The van der Waals surface area contributed by atoms with Crippen LogP contribution in [0.25, 0.3) is 0 Å². The molecule has 0 aliphatic rings. The van der Waals surface area contributed by atoms with E-state index in [9.17, 15) is 19.7 Å². The van der Waals surface area contributed by atoms with E-state index >= 15 is 0 Å². The molecule has 0 bridgehead atoms. The first-order valence-corrected chi connectivity index (χ1v) is 8.48. The van der Waals surface area contributed by atoms with Gasteiger partial charge in [0.1, 0.15) is 12.3 Å². The molecule has 2 amide bonds. The first kappa shape index (κ1) is 21.9. The van der Waals surface area contributed by atoms with Crippen LogP contribution >= 0.6 is 0 Å². The number of carbonyl (C=O) groups is 2. The third-order valence-corrected chi connectivity index (χ3v) is 3.41. The highest BCUT2D eigenvalue weighted by Gasteiger charge is 2.21. The number of nitrogens with zero attached hydrogens (tertiary/aromatic N) is 1. The summed E-state index contributed by atoms with van der Waals surface area (Å²) in [6.45, 7) is 5.90. The number of nitrogens with one attached hydrogen (secondary N) is 5. The van der Waals surface area contributed by atoms with Crippen molar-refractivity contribution < 1.29 is 19.0 Å². The number of hydrogen-bond donors (Lipinski definition) is 5. The van der Waals surface area contributed by atoms with Gasteiger partial charge in [0.25, 0.3) is 11.9 Å². The molecule has 1 aromatic rings. The van der Waals surface area contributed by atoms with Gasteiger partial charge >= 0.3 is 0 Å². The Bertz CT molecular complexity index is 631. The van der Waals surface area contributed by atoms with E-state index in [1.165, 1.54) is 18.6 Å². The molecule has 0 fully saturated rings. The van der Waals surface area contributed by atoms with Gasteiger partial charge in [0.2, 0.25) is 5.91 Å². The predicted octanol–water partition coefficient (Wildman–Crippen LogP) is 0.788. The third-order valence-electron chi connectivity index (χ3n) is 3.41. The minimum atomic E-state index is -0.846. The van der Waals surface area contributed by atoms with Crippen LogP contribution in [0.4, 0.5) is 0 Å². The van der Waals surface area contributed by atoms with Crippen LogP contribution < -0.4 is 21.4 Å². The van der Waals surface area contributed by atoms with Crippen molar-refractivity contribution in [3.8, 4) is 0 Å². The lowest BCUT2D eigenvalue weighted by Crippen LogP contribution is -2.46. The number of guanidine groups is 1. The summed E-state index contributed by atoms with van der Waals surface area (Å²) in [6.07, 6.45) is 4.01. The molecular weight excluding hydrogens is 356 g/mol. The van der Waals surface area contributed by atoms with Crippen molar-refractivity contribution in [3.63, 3.8) is 0 Å². The molecule has 1 atom stereocenters. The summed E-state index contributed by atoms with van der Waals surface area (Å²) in [6, 6.07) is 0.691. The highest BCUT2D eigenvalue weighted by Crippen LogP contribution is 2.05. The van der Waals surface area contributed by atoms with Crippen LogP contribution in [0.2, 0.25) is 0 Å². The fourth-order valence-corrected chi connectivity index (χ4v) is 2.05. The molecule has 0 saturated heterocycles. The normalized spacial score (nSPS) is 11.5. The second-order valence-corrected chi connectivity index (χ2v) is 6.19. The number of furan rings is 1. The predicted molar refractivity (Wildman–Crippen MR) is 97.0 cm³/mol. The second kappa shape index (κ2) is 11.5. The Hall–Kier alpha value is -3.11. The highest BCUT2D eigenvalue weighted by molar-refractivity contribution is 5.97. The molecule has 0 aliphatic carbocycles. The van der Waals surface area contributed by atoms with Gasteiger partial charge in [0.05, 0.1) is 11.8 Å².